The summed E-state index contributed by atoms with van der Waals surface area (Å²) in [6, 6.07) is 6.16. The molecule has 5 heteroatoms. The monoisotopic (exact) mass is 238 g/mol. The lowest BCUT2D eigenvalue weighted by molar-refractivity contribution is -0.137. The van der Waals surface area contributed by atoms with Gasteiger partial charge < -0.3 is 15.3 Å². The Morgan fingerprint density at radius 3 is 2.24 bits per heavy atom. The third kappa shape index (κ3) is 3.97. The van der Waals surface area contributed by atoms with E-state index in [4.69, 9.17) is 10.2 Å². The van der Waals surface area contributed by atoms with Crippen molar-refractivity contribution in [3.8, 4) is 0 Å². The number of rotatable bonds is 6. The molecule has 1 unspecified atom stereocenters. The maximum Gasteiger partial charge on any atom is 0.303 e. The highest BCUT2D eigenvalue weighted by Crippen LogP contribution is 2.10. The molecule has 0 saturated heterocycles. The molecule has 0 aromatic heterocycles. The molecule has 0 bridgehead atoms. The van der Waals surface area contributed by atoms with Crippen LogP contribution in [0.25, 0.3) is 0 Å². The first-order chi connectivity index (χ1) is 8.04. The zero-order valence-corrected chi connectivity index (χ0v) is 9.17. The minimum absolute atomic E-state index is 0.101. The van der Waals surface area contributed by atoms with E-state index < -0.39 is 17.9 Å². The van der Waals surface area contributed by atoms with Crippen LogP contribution in [-0.4, -0.2) is 33.2 Å². The summed E-state index contributed by atoms with van der Waals surface area (Å²) in [6.45, 7) is -0.115. The van der Waals surface area contributed by atoms with Crippen molar-refractivity contribution < 1.29 is 24.9 Å². The van der Waals surface area contributed by atoms with Gasteiger partial charge >= 0.3 is 5.97 Å². The van der Waals surface area contributed by atoms with E-state index in [0.717, 1.165) is 0 Å². The first-order valence-electron chi connectivity index (χ1n) is 5.18. The van der Waals surface area contributed by atoms with Crippen LogP contribution in [0.4, 0.5) is 0 Å². The molecule has 0 saturated carbocycles. The highest BCUT2D eigenvalue weighted by Gasteiger charge is 2.17. The van der Waals surface area contributed by atoms with Gasteiger partial charge in [-0.2, -0.15) is 0 Å². The van der Waals surface area contributed by atoms with Crippen LogP contribution in [0.1, 0.15) is 28.8 Å². The lowest BCUT2D eigenvalue weighted by Gasteiger charge is -2.08. The van der Waals surface area contributed by atoms with Gasteiger partial charge in [-0.1, -0.05) is 24.3 Å². The molecular formula is C12H14O5. The molecule has 3 N–H and O–H groups in total. The number of aliphatic carboxylic acids is 1. The fourth-order valence-corrected chi connectivity index (χ4v) is 1.36. The van der Waals surface area contributed by atoms with Crippen molar-refractivity contribution in [2.75, 3.05) is 0 Å². The summed E-state index contributed by atoms with van der Waals surface area (Å²) >= 11 is 0. The summed E-state index contributed by atoms with van der Waals surface area (Å²) in [5.41, 5.74) is 0.974. The average Bonchev–Trinajstić information content (AvgIpc) is 2.35. The Kier molecular flexibility index (Phi) is 4.81. The van der Waals surface area contributed by atoms with E-state index in [1.807, 2.05) is 0 Å². The highest BCUT2D eigenvalue weighted by molar-refractivity contribution is 5.99. The summed E-state index contributed by atoms with van der Waals surface area (Å²) in [5, 5.41) is 26.7. The molecule has 17 heavy (non-hydrogen) atoms. The van der Waals surface area contributed by atoms with E-state index in [-0.39, 0.29) is 19.4 Å². The van der Waals surface area contributed by atoms with Crippen molar-refractivity contribution in [1.82, 2.24) is 0 Å². The number of carbonyl (C=O) groups excluding carboxylic acids is 1. The van der Waals surface area contributed by atoms with E-state index in [1.165, 1.54) is 12.1 Å². The Balaban J connectivity index is 2.64. The van der Waals surface area contributed by atoms with Crippen LogP contribution in [-0.2, 0) is 11.4 Å². The number of aliphatic hydroxyl groups is 2. The van der Waals surface area contributed by atoms with Crippen LogP contribution < -0.4 is 0 Å². The van der Waals surface area contributed by atoms with Crippen LogP contribution in [0.2, 0.25) is 0 Å². The molecule has 1 rings (SSSR count). The number of carboxylic acids is 1. The van der Waals surface area contributed by atoms with Gasteiger partial charge in [-0.3, -0.25) is 9.59 Å². The molecule has 92 valence electrons. The summed E-state index contributed by atoms with van der Waals surface area (Å²) in [7, 11) is 0. The molecule has 0 fully saturated rings. The van der Waals surface area contributed by atoms with Crippen molar-refractivity contribution >= 4 is 11.8 Å². The fourth-order valence-electron chi connectivity index (χ4n) is 1.36. The van der Waals surface area contributed by atoms with Gasteiger partial charge in [0.05, 0.1) is 6.61 Å². The van der Waals surface area contributed by atoms with Crippen molar-refractivity contribution in [1.29, 1.82) is 0 Å². The molecule has 1 aromatic rings. The number of hydrogen-bond donors (Lipinski definition) is 3. The van der Waals surface area contributed by atoms with E-state index in [9.17, 15) is 14.7 Å². The largest absolute Gasteiger partial charge is 0.481 e. The van der Waals surface area contributed by atoms with Gasteiger partial charge in [-0.15, -0.1) is 0 Å². The van der Waals surface area contributed by atoms with E-state index in [0.29, 0.717) is 11.1 Å². The maximum absolute atomic E-state index is 11.7. The third-order valence-corrected chi connectivity index (χ3v) is 2.36. The Morgan fingerprint density at radius 2 is 1.76 bits per heavy atom. The zero-order chi connectivity index (χ0) is 12.8. The number of carbonyl (C=O) groups is 2. The lowest BCUT2D eigenvalue weighted by atomic mass is 10.0. The molecule has 1 aromatic carbocycles. The molecule has 0 aliphatic rings. The van der Waals surface area contributed by atoms with Gasteiger partial charge in [0, 0.05) is 12.0 Å². The summed E-state index contributed by atoms with van der Waals surface area (Å²) in [6.07, 6.45) is -1.65. The van der Waals surface area contributed by atoms with Crippen LogP contribution in [0.3, 0.4) is 0 Å². The molecule has 0 radical (unpaired) electrons. The SMILES string of the molecule is O=C(O)CCC(O)C(=O)c1ccc(CO)cc1. The van der Waals surface area contributed by atoms with Gasteiger partial charge in [0.2, 0.25) is 0 Å². The minimum Gasteiger partial charge on any atom is -0.481 e. The van der Waals surface area contributed by atoms with Crippen LogP contribution in [0, 0.1) is 0 Å². The topological polar surface area (TPSA) is 94.8 Å². The van der Waals surface area contributed by atoms with Crippen LogP contribution >= 0.6 is 0 Å². The molecule has 0 aliphatic heterocycles. The van der Waals surface area contributed by atoms with Gasteiger partial charge in [-0.25, -0.2) is 0 Å². The van der Waals surface area contributed by atoms with E-state index >= 15 is 0 Å². The fraction of sp³-hybridized carbons (Fsp3) is 0.333. The number of benzene rings is 1. The molecule has 0 spiro atoms. The normalized spacial score (nSPS) is 12.1. The van der Waals surface area contributed by atoms with Gasteiger partial charge in [-0.05, 0) is 12.0 Å². The third-order valence-electron chi connectivity index (χ3n) is 2.36. The predicted molar refractivity (Wildman–Crippen MR) is 59.6 cm³/mol. The van der Waals surface area contributed by atoms with Crippen LogP contribution in [0.15, 0.2) is 24.3 Å². The van der Waals surface area contributed by atoms with Gasteiger partial charge in [0.1, 0.15) is 6.10 Å². The minimum atomic E-state index is -1.30. The molecule has 0 heterocycles. The first-order valence-corrected chi connectivity index (χ1v) is 5.18. The summed E-state index contributed by atoms with van der Waals surface area (Å²) < 4.78 is 0. The number of hydrogen-bond acceptors (Lipinski definition) is 4. The van der Waals surface area contributed by atoms with Crippen molar-refractivity contribution in [3.63, 3.8) is 0 Å². The highest BCUT2D eigenvalue weighted by atomic mass is 16.4. The smallest absolute Gasteiger partial charge is 0.303 e. The number of ketones is 1. The van der Waals surface area contributed by atoms with Crippen LogP contribution in [0.5, 0.6) is 0 Å². The van der Waals surface area contributed by atoms with Crippen molar-refractivity contribution in [2.24, 2.45) is 0 Å². The Hall–Kier alpha value is -1.72. The molecule has 0 aliphatic carbocycles. The number of Topliss-reactive ketones (excluding diaryl/α,β-unsaturated/α-hetero) is 1. The second-order valence-electron chi connectivity index (χ2n) is 3.67. The number of aliphatic hydroxyl groups excluding tert-OH is 2. The molecular weight excluding hydrogens is 224 g/mol. The standard InChI is InChI=1S/C12H14O5/c13-7-8-1-3-9(4-2-8)12(17)10(14)5-6-11(15)16/h1-4,10,13-14H,5-7H2,(H,15,16). The zero-order valence-electron chi connectivity index (χ0n) is 9.17. The Bertz CT molecular complexity index is 396. The summed E-state index contributed by atoms with van der Waals surface area (Å²) in [5.74, 6) is -1.55. The van der Waals surface area contributed by atoms with Crippen molar-refractivity contribution in [3.05, 3.63) is 35.4 Å². The summed E-state index contributed by atoms with van der Waals surface area (Å²) in [4.78, 5) is 21.9. The number of carboxylic acid groups (broad SMARTS) is 1. The first kappa shape index (κ1) is 13.3. The molecule has 5 nitrogen and oxygen atoms in total. The lowest BCUT2D eigenvalue weighted by Crippen LogP contribution is -2.21. The van der Waals surface area contributed by atoms with Gasteiger partial charge in [0.25, 0.3) is 0 Å². The second kappa shape index (κ2) is 6.12. The Morgan fingerprint density at radius 1 is 1.18 bits per heavy atom. The van der Waals surface area contributed by atoms with E-state index in [2.05, 4.69) is 0 Å². The molecule has 0 amide bonds. The average molecular weight is 238 g/mol. The second-order valence-corrected chi connectivity index (χ2v) is 3.67. The quantitative estimate of drug-likeness (QED) is 0.630. The molecule has 1 atom stereocenters. The van der Waals surface area contributed by atoms with E-state index in [1.54, 1.807) is 12.1 Å². The maximum atomic E-state index is 11.7. The van der Waals surface area contributed by atoms with Gasteiger partial charge in [0.15, 0.2) is 5.78 Å². The Labute approximate surface area is 98.3 Å². The predicted octanol–water partition coefficient (Wildman–Crippen LogP) is 0.587. The van der Waals surface area contributed by atoms with Crippen molar-refractivity contribution in [2.45, 2.75) is 25.6 Å².